The molecule has 1 aromatic carbocycles. The normalized spacial score (nSPS) is 17.3. The molecule has 0 radical (unpaired) electrons. The fourth-order valence-corrected chi connectivity index (χ4v) is 3.09. The maximum Gasteiger partial charge on any atom is 0.106 e. The van der Waals surface area contributed by atoms with Gasteiger partial charge in [-0.3, -0.25) is 0 Å². The van der Waals surface area contributed by atoms with Gasteiger partial charge in [0.15, 0.2) is 0 Å². The van der Waals surface area contributed by atoms with Crippen LogP contribution in [-0.2, 0) is 0 Å². The molecule has 0 aliphatic heterocycles. The van der Waals surface area contributed by atoms with Crippen LogP contribution in [0.3, 0.4) is 0 Å². The number of nitrogens with one attached hydrogen (secondary N) is 1. The van der Waals surface area contributed by atoms with E-state index in [9.17, 15) is 0 Å². The van der Waals surface area contributed by atoms with Crippen LogP contribution >= 0.6 is 22.9 Å². The Bertz CT molecular complexity index is 533. The molecule has 1 unspecified atom stereocenters. The van der Waals surface area contributed by atoms with Crippen LogP contribution in [0.15, 0.2) is 17.6 Å². The van der Waals surface area contributed by atoms with Gasteiger partial charge >= 0.3 is 0 Å². The van der Waals surface area contributed by atoms with E-state index < -0.39 is 0 Å². The zero-order chi connectivity index (χ0) is 11.8. The highest BCUT2D eigenvalue weighted by Crippen LogP contribution is 2.36. The van der Waals surface area contributed by atoms with Gasteiger partial charge in [0, 0.05) is 6.04 Å². The average Bonchev–Trinajstić information content (AvgIpc) is 2.96. The Labute approximate surface area is 110 Å². The Morgan fingerprint density at radius 2 is 2.35 bits per heavy atom. The Morgan fingerprint density at radius 3 is 3.12 bits per heavy atom. The number of aromatic nitrogens is 1. The predicted molar refractivity (Wildman–Crippen MR) is 75.1 cm³/mol. The molecule has 1 fully saturated rings. The lowest BCUT2D eigenvalue weighted by molar-refractivity contribution is 0.642. The van der Waals surface area contributed by atoms with Crippen molar-refractivity contribution in [2.75, 3.05) is 5.32 Å². The zero-order valence-corrected chi connectivity index (χ0v) is 11.3. The average molecular weight is 267 g/mol. The molecule has 1 saturated carbocycles. The van der Waals surface area contributed by atoms with E-state index in [-0.39, 0.29) is 0 Å². The summed E-state index contributed by atoms with van der Waals surface area (Å²) in [5.41, 5.74) is 3.88. The fraction of sp³-hybridized carbons (Fsp3) is 0.462. The third-order valence-electron chi connectivity index (χ3n) is 3.23. The van der Waals surface area contributed by atoms with Crippen LogP contribution in [0, 0.1) is 5.92 Å². The van der Waals surface area contributed by atoms with Crippen molar-refractivity contribution in [3.05, 3.63) is 22.7 Å². The molecule has 0 spiro atoms. The summed E-state index contributed by atoms with van der Waals surface area (Å²) in [7, 11) is 0. The number of thiazole rings is 1. The van der Waals surface area contributed by atoms with Crippen LogP contribution in [0.4, 0.5) is 5.69 Å². The summed E-state index contributed by atoms with van der Waals surface area (Å²) < 4.78 is 1.19. The molecule has 1 aromatic heterocycles. The van der Waals surface area contributed by atoms with Crippen LogP contribution in [0.1, 0.15) is 26.2 Å². The van der Waals surface area contributed by atoms with Gasteiger partial charge in [0.05, 0.1) is 20.9 Å². The third-order valence-corrected chi connectivity index (χ3v) is 4.34. The number of anilines is 1. The van der Waals surface area contributed by atoms with E-state index in [1.165, 1.54) is 24.0 Å². The molecule has 90 valence electrons. The van der Waals surface area contributed by atoms with Crippen LogP contribution in [0.5, 0.6) is 0 Å². The first kappa shape index (κ1) is 11.3. The number of fused-ring (bicyclic) bond motifs is 1. The number of halogens is 1. The van der Waals surface area contributed by atoms with Crippen LogP contribution in [-0.4, -0.2) is 11.0 Å². The van der Waals surface area contributed by atoms with Gasteiger partial charge in [-0.25, -0.2) is 4.98 Å². The summed E-state index contributed by atoms with van der Waals surface area (Å²) in [6.07, 6.45) is 4.01. The van der Waals surface area contributed by atoms with Crippen molar-refractivity contribution < 1.29 is 0 Å². The number of hydrogen-bond donors (Lipinski definition) is 1. The van der Waals surface area contributed by atoms with Gasteiger partial charge in [0.1, 0.15) is 5.52 Å². The lowest BCUT2D eigenvalue weighted by Gasteiger charge is -2.16. The lowest BCUT2D eigenvalue weighted by Crippen LogP contribution is -2.16. The second kappa shape index (κ2) is 4.46. The minimum Gasteiger partial charge on any atom is -0.380 e. The van der Waals surface area contributed by atoms with E-state index >= 15 is 0 Å². The van der Waals surface area contributed by atoms with Gasteiger partial charge in [-0.15, -0.1) is 11.3 Å². The van der Waals surface area contributed by atoms with Gasteiger partial charge in [-0.05, 0) is 31.4 Å². The Hall–Kier alpha value is -0.800. The minimum atomic E-state index is 0.465. The van der Waals surface area contributed by atoms with Gasteiger partial charge in [-0.2, -0.15) is 0 Å². The second-order valence-corrected chi connectivity index (χ2v) is 6.14. The summed E-state index contributed by atoms with van der Waals surface area (Å²) in [5.74, 6) is 0.922. The van der Waals surface area contributed by atoms with Gasteiger partial charge < -0.3 is 5.32 Å². The summed E-state index contributed by atoms with van der Waals surface area (Å²) in [6, 6.07) is 4.45. The Kier molecular flexibility index (Phi) is 2.97. The lowest BCUT2D eigenvalue weighted by atomic mass is 10.1. The first-order valence-corrected chi connectivity index (χ1v) is 7.28. The van der Waals surface area contributed by atoms with Crippen LogP contribution in [0.25, 0.3) is 10.2 Å². The fourth-order valence-electron chi connectivity index (χ4n) is 2.20. The Balaban J connectivity index is 1.86. The highest BCUT2D eigenvalue weighted by molar-refractivity contribution is 7.16. The molecular formula is C13H15ClN2S. The molecule has 0 amide bonds. The zero-order valence-electron chi connectivity index (χ0n) is 9.74. The molecule has 1 aliphatic rings. The summed E-state index contributed by atoms with van der Waals surface area (Å²) in [6.45, 7) is 2.22. The maximum absolute atomic E-state index is 6.26. The number of benzene rings is 1. The highest BCUT2D eigenvalue weighted by atomic mass is 35.5. The Morgan fingerprint density at radius 1 is 1.53 bits per heavy atom. The molecule has 2 nitrogen and oxygen atoms in total. The van der Waals surface area contributed by atoms with Crippen molar-refractivity contribution in [3.63, 3.8) is 0 Å². The maximum atomic E-state index is 6.26. The van der Waals surface area contributed by atoms with E-state index in [2.05, 4.69) is 17.2 Å². The van der Waals surface area contributed by atoms with Crippen LogP contribution < -0.4 is 5.32 Å². The van der Waals surface area contributed by atoms with Gasteiger partial charge in [0.2, 0.25) is 0 Å². The molecule has 2 aromatic rings. The molecule has 17 heavy (non-hydrogen) atoms. The predicted octanol–water partition coefficient (Wildman–Crippen LogP) is 4.55. The first-order valence-electron chi connectivity index (χ1n) is 6.02. The third kappa shape index (κ3) is 2.40. The molecule has 1 atom stereocenters. The van der Waals surface area contributed by atoms with E-state index in [0.29, 0.717) is 6.04 Å². The van der Waals surface area contributed by atoms with E-state index in [1.807, 2.05) is 17.6 Å². The van der Waals surface area contributed by atoms with Crippen molar-refractivity contribution >= 4 is 38.8 Å². The van der Waals surface area contributed by atoms with Crippen molar-refractivity contribution in [1.29, 1.82) is 0 Å². The summed E-state index contributed by atoms with van der Waals surface area (Å²) >= 11 is 7.91. The van der Waals surface area contributed by atoms with Gasteiger partial charge in [0.25, 0.3) is 0 Å². The SMILES string of the molecule is CC(CC1CC1)Nc1c(Cl)ccc2scnc12. The van der Waals surface area contributed by atoms with E-state index in [0.717, 1.165) is 22.1 Å². The smallest absolute Gasteiger partial charge is 0.106 e. The standard InChI is InChI=1S/C13H15ClN2S/c1-8(6-9-2-3-9)16-12-10(14)4-5-11-13(12)15-7-17-11/h4-5,7-9,16H,2-3,6H2,1H3. The number of nitrogens with zero attached hydrogens (tertiary/aromatic N) is 1. The summed E-state index contributed by atoms with van der Waals surface area (Å²) in [5, 5.41) is 4.29. The first-order chi connectivity index (χ1) is 8.24. The largest absolute Gasteiger partial charge is 0.380 e. The molecule has 0 saturated heterocycles. The van der Waals surface area contributed by atoms with Crippen molar-refractivity contribution in [3.8, 4) is 0 Å². The molecule has 1 N–H and O–H groups in total. The molecule has 4 heteroatoms. The second-order valence-electron chi connectivity index (χ2n) is 4.85. The number of rotatable bonds is 4. The molecule has 1 aliphatic carbocycles. The van der Waals surface area contributed by atoms with Gasteiger partial charge in [-0.1, -0.05) is 24.4 Å². The molecule has 0 bridgehead atoms. The van der Waals surface area contributed by atoms with Crippen molar-refractivity contribution in [2.45, 2.75) is 32.2 Å². The number of hydrogen-bond acceptors (Lipinski definition) is 3. The molecule has 1 heterocycles. The van der Waals surface area contributed by atoms with E-state index in [4.69, 9.17) is 11.6 Å². The minimum absolute atomic E-state index is 0.465. The van der Waals surface area contributed by atoms with E-state index in [1.54, 1.807) is 11.3 Å². The summed E-state index contributed by atoms with van der Waals surface area (Å²) in [4.78, 5) is 4.40. The van der Waals surface area contributed by atoms with Crippen LogP contribution in [0.2, 0.25) is 5.02 Å². The van der Waals surface area contributed by atoms with Crippen molar-refractivity contribution in [1.82, 2.24) is 4.98 Å². The quantitative estimate of drug-likeness (QED) is 0.878. The monoisotopic (exact) mass is 266 g/mol. The molecular weight excluding hydrogens is 252 g/mol. The molecule has 3 rings (SSSR count). The highest BCUT2D eigenvalue weighted by Gasteiger charge is 2.24. The van der Waals surface area contributed by atoms with Crippen molar-refractivity contribution in [2.24, 2.45) is 5.92 Å². The topological polar surface area (TPSA) is 24.9 Å².